The van der Waals surface area contributed by atoms with E-state index in [2.05, 4.69) is 26.6 Å². The van der Waals surface area contributed by atoms with E-state index in [0.717, 1.165) is 11.1 Å². The molecule has 0 spiro atoms. The molecule has 0 heterocycles. The summed E-state index contributed by atoms with van der Waals surface area (Å²) < 4.78 is 5.32. The summed E-state index contributed by atoms with van der Waals surface area (Å²) in [5.41, 5.74) is 7.05. The smallest absolute Gasteiger partial charge is 0.408 e. The van der Waals surface area contributed by atoms with Crippen LogP contribution in [0.1, 0.15) is 58.1 Å². The number of rotatable bonds is 18. The number of hydrogen-bond acceptors (Lipinski definition) is 6. The minimum atomic E-state index is -1.00. The maximum atomic E-state index is 13.5. The van der Waals surface area contributed by atoms with Crippen LogP contribution in [0.4, 0.5) is 4.79 Å². The van der Waals surface area contributed by atoms with E-state index in [1.807, 2.05) is 88.4 Å². The summed E-state index contributed by atoms with van der Waals surface area (Å²) in [4.78, 5) is 52.1. The third-order valence-corrected chi connectivity index (χ3v) is 7.00. The molecule has 12 heteroatoms. The predicted molar refractivity (Wildman–Crippen MR) is 179 cm³/mol. The third kappa shape index (κ3) is 15.2. The zero-order chi connectivity index (χ0) is 33.9. The molecule has 3 atom stereocenters. The van der Waals surface area contributed by atoms with Gasteiger partial charge in [-0.15, -0.1) is 0 Å². The van der Waals surface area contributed by atoms with Gasteiger partial charge in [0.2, 0.25) is 17.7 Å². The van der Waals surface area contributed by atoms with E-state index in [-0.39, 0.29) is 43.3 Å². The van der Waals surface area contributed by atoms with Crippen molar-refractivity contribution in [1.29, 1.82) is 5.41 Å². The first-order chi connectivity index (χ1) is 21.9. The molecular weight excluding hydrogens is 586 g/mol. The number of ether oxygens (including phenoxy) is 1. The molecule has 0 aliphatic carbocycles. The first-order valence-corrected chi connectivity index (χ1v) is 15.6. The minimum absolute atomic E-state index is 0.0136. The van der Waals surface area contributed by atoms with Gasteiger partial charge in [-0.1, -0.05) is 88.4 Å². The zero-order valence-corrected chi connectivity index (χ0v) is 27.2. The van der Waals surface area contributed by atoms with Crippen molar-refractivity contribution < 1.29 is 23.9 Å². The minimum Gasteiger partial charge on any atom is -0.445 e. The lowest BCUT2D eigenvalue weighted by Crippen LogP contribution is -2.57. The third-order valence-electron chi connectivity index (χ3n) is 7.00. The second-order valence-corrected chi connectivity index (χ2v) is 11.8. The Balaban J connectivity index is 2.06. The van der Waals surface area contributed by atoms with E-state index in [4.69, 9.17) is 15.9 Å². The Morgan fingerprint density at radius 1 is 0.848 bits per heavy atom. The first kappa shape index (κ1) is 37.3. The van der Waals surface area contributed by atoms with E-state index >= 15 is 0 Å². The van der Waals surface area contributed by atoms with Gasteiger partial charge in [0, 0.05) is 25.2 Å². The first-order valence-electron chi connectivity index (χ1n) is 15.6. The number of hydrogen-bond donors (Lipinski definition) is 7. The largest absolute Gasteiger partial charge is 0.445 e. The summed E-state index contributed by atoms with van der Waals surface area (Å²) in [5.74, 6) is -1.37. The number of nitrogens with one attached hydrogen (secondary N) is 6. The van der Waals surface area contributed by atoms with E-state index in [1.165, 1.54) is 6.08 Å². The Hall–Kier alpha value is -4.87. The molecular formula is C34H49N7O5. The SMILES string of the molecule is CC(C)C[C@H](NC(=O)[C@H](CCCNC(=N)N)NC(=O)OCc1ccccc1)C(=O)N[C@@H](CNC(=O)/C=C/c1ccccc1)C(C)C. The van der Waals surface area contributed by atoms with Gasteiger partial charge in [0.05, 0.1) is 0 Å². The average molecular weight is 636 g/mol. The summed E-state index contributed by atoms with van der Waals surface area (Å²) in [6.07, 6.45) is 3.35. The lowest BCUT2D eigenvalue weighted by molar-refractivity contribution is -0.131. The molecule has 2 aromatic carbocycles. The highest BCUT2D eigenvalue weighted by Crippen LogP contribution is 2.10. The maximum Gasteiger partial charge on any atom is 0.408 e. The summed E-state index contributed by atoms with van der Waals surface area (Å²) in [7, 11) is 0. The Kier molecular flexibility index (Phi) is 16.4. The molecule has 0 aromatic heterocycles. The summed E-state index contributed by atoms with van der Waals surface area (Å²) in [5, 5.41) is 21.3. The average Bonchev–Trinajstić information content (AvgIpc) is 3.02. The van der Waals surface area contributed by atoms with Crippen LogP contribution in [0.5, 0.6) is 0 Å². The zero-order valence-electron chi connectivity index (χ0n) is 27.2. The second-order valence-electron chi connectivity index (χ2n) is 11.8. The van der Waals surface area contributed by atoms with Crippen LogP contribution in [0.25, 0.3) is 6.08 Å². The van der Waals surface area contributed by atoms with Crippen LogP contribution in [0, 0.1) is 17.2 Å². The van der Waals surface area contributed by atoms with Gasteiger partial charge in [-0.2, -0.15) is 0 Å². The number of alkyl carbamates (subject to hydrolysis) is 1. The molecule has 0 aliphatic heterocycles. The van der Waals surface area contributed by atoms with Crippen molar-refractivity contribution in [3.05, 3.63) is 77.9 Å². The quantitative estimate of drug-likeness (QED) is 0.0567. The lowest BCUT2D eigenvalue weighted by atomic mass is 9.99. The monoisotopic (exact) mass is 635 g/mol. The van der Waals surface area contributed by atoms with Gasteiger partial charge >= 0.3 is 6.09 Å². The molecule has 0 saturated heterocycles. The number of carbonyl (C=O) groups is 4. The highest BCUT2D eigenvalue weighted by Gasteiger charge is 2.29. The van der Waals surface area contributed by atoms with Crippen molar-refractivity contribution in [3.8, 4) is 0 Å². The molecule has 0 unspecified atom stereocenters. The van der Waals surface area contributed by atoms with Gasteiger partial charge in [-0.25, -0.2) is 4.79 Å². The fraction of sp³-hybridized carbons (Fsp3) is 0.441. The van der Waals surface area contributed by atoms with Gasteiger partial charge in [-0.05, 0) is 48.3 Å². The Morgan fingerprint density at radius 3 is 2.09 bits per heavy atom. The van der Waals surface area contributed by atoms with Gasteiger partial charge in [0.1, 0.15) is 18.7 Å². The molecule has 0 aliphatic rings. The van der Waals surface area contributed by atoms with Crippen LogP contribution in [0.2, 0.25) is 0 Å². The van der Waals surface area contributed by atoms with E-state index in [1.54, 1.807) is 6.08 Å². The van der Waals surface area contributed by atoms with Crippen molar-refractivity contribution in [2.24, 2.45) is 17.6 Å². The standard InChI is InChI=1S/C34H49N7O5/c1-23(2)20-28(32(44)40-29(24(3)4)21-38-30(42)18-17-25-12-7-5-8-13-25)39-31(43)27(16-11-19-37-33(35)36)41-34(45)46-22-26-14-9-6-10-15-26/h5-10,12-15,17-18,23-24,27-29H,11,16,19-22H2,1-4H3,(H,38,42)(H,39,43)(H,40,44)(H,41,45)(H4,35,36,37)/b18-17+/t27-,28-,29-/m0/s1. The molecule has 8 N–H and O–H groups in total. The van der Waals surface area contributed by atoms with Crippen molar-refractivity contribution in [3.63, 3.8) is 0 Å². The van der Waals surface area contributed by atoms with E-state index in [0.29, 0.717) is 19.4 Å². The van der Waals surface area contributed by atoms with Gasteiger partial charge in [0.15, 0.2) is 5.96 Å². The van der Waals surface area contributed by atoms with Gasteiger partial charge in [-0.3, -0.25) is 19.8 Å². The Bertz CT molecular complexity index is 1290. The van der Waals surface area contributed by atoms with Gasteiger partial charge in [0.25, 0.3) is 0 Å². The topological polar surface area (TPSA) is 188 Å². The molecule has 4 amide bonds. The fourth-order valence-electron chi connectivity index (χ4n) is 4.42. The number of guanidine groups is 1. The van der Waals surface area contributed by atoms with Crippen LogP contribution in [-0.4, -0.2) is 61.0 Å². The van der Waals surface area contributed by atoms with Crippen molar-refractivity contribution >= 4 is 35.9 Å². The predicted octanol–water partition coefficient (Wildman–Crippen LogP) is 3.05. The Labute approximate surface area is 271 Å². The Morgan fingerprint density at radius 2 is 1.48 bits per heavy atom. The van der Waals surface area contributed by atoms with E-state index in [9.17, 15) is 19.2 Å². The van der Waals surface area contributed by atoms with Crippen LogP contribution < -0.4 is 32.3 Å². The summed E-state index contributed by atoms with van der Waals surface area (Å²) >= 11 is 0. The maximum absolute atomic E-state index is 13.5. The molecule has 0 fully saturated rings. The highest BCUT2D eigenvalue weighted by molar-refractivity contribution is 5.92. The van der Waals surface area contributed by atoms with Crippen LogP contribution >= 0.6 is 0 Å². The van der Waals surface area contributed by atoms with Crippen molar-refractivity contribution in [2.75, 3.05) is 13.1 Å². The molecule has 46 heavy (non-hydrogen) atoms. The molecule has 0 radical (unpaired) electrons. The number of nitrogens with two attached hydrogens (primary N) is 1. The van der Waals surface area contributed by atoms with E-state index < -0.39 is 36.0 Å². The highest BCUT2D eigenvalue weighted by atomic mass is 16.5. The second kappa shape index (κ2) is 20.2. The fourth-order valence-corrected chi connectivity index (χ4v) is 4.42. The lowest BCUT2D eigenvalue weighted by Gasteiger charge is -2.28. The van der Waals surface area contributed by atoms with Crippen molar-refractivity contribution in [1.82, 2.24) is 26.6 Å². The molecule has 12 nitrogen and oxygen atoms in total. The summed E-state index contributed by atoms with van der Waals surface area (Å²) in [6, 6.07) is 16.3. The molecule has 250 valence electrons. The van der Waals surface area contributed by atoms with Crippen LogP contribution in [-0.2, 0) is 25.7 Å². The molecule has 2 aromatic rings. The number of benzene rings is 2. The molecule has 0 bridgehead atoms. The number of amides is 4. The summed E-state index contributed by atoms with van der Waals surface area (Å²) in [6.45, 7) is 8.29. The van der Waals surface area contributed by atoms with Gasteiger partial charge < -0.3 is 37.1 Å². The molecule has 2 rings (SSSR count). The van der Waals surface area contributed by atoms with Crippen LogP contribution in [0.15, 0.2) is 66.7 Å². The number of carbonyl (C=O) groups excluding carboxylic acids is 4. The van der Waals surface area contributed by atoms with Crippen LogP contribution in [0.3, 0.4) is 0 Å². The molecule has 0 saturated carbocycles. The normalized spacial score (nSPS) is 13.0. The van der Waals surface area contributed by atoms with Crippen molar-refractivity contribution in [2.45, 2.75) is 71.7 Å².